The molecule has 0 spiro atoms. The molecule has 0 amide bonds. The van der Waals surface area contributed by atoms with E-state index in [0.717, 1.165) is 18.8 Å². The summed E-state index contributed by atoms with van der Waals surface area (Å²) < 4.78 is 5.36. The molecule has 1 heterocycles. The Bertz CT molecular complexity index is 309. The normalized spacial score (nSPS) is 12.9. The molecule has 0 aliphatic rings. The molecule has 1 unspecified atom stereocenters. The van der Waals surface area contributed by atoms with E-state index in [9.17, 15) is 4.79 Å². The third-order valence-corrected chi connectivity index (χ3v) is 3.56. The molecule has 0 bridgehead atoms. The Balaban J connectivity index is 2.72. The fraction of sp³-hybridized carbons (Fsp3) is 0.545. The van der Waals surface area contributed by atoms with Crippen molar-refractivity contribution in [1.29, 1.82) is 0 Å². The van der Waals surface area contributed by atoms with Crippen LogP contribution in [0.4, 0.5) is 0 Å². The second kappa shape index (κ2) is 6.60. The van der Waals surface area contributed by atoms with E-state index in [2.05, 4.69) is 18.7 Å². The third-order valence-electron chi connectivity index (χ3n) is 2.30. The summed E-state index contributed by atoms with van der Waals surface area (Å²) in [5.41, 5.74) is 0. The summed E-state index contributed by atoms with van der Waals surface area (Å²) in [4.78, 5) is 12.8. The van der Waals surface area contributed by atoms with Crippen molar-refractivity contribution in [2.75, 3.05) is 18.8 Å². The Morgan fingerprint density at radius 1 is 1.56 bits per heavy atom. The molecule has 0 radical (unpaired) electrons. The van der Waals surface area contributed by atoms with Crippen LogP contribution in [0.1, 0.15) is 25.0 Å². The highest BCUT2D eigenvalue weighted by atomic mass is 32.2. The predicted octanol–water partition coefficient (Wildman–Crippen LogP) is 2.44. The number of thioether (sulfide) groups is 1. The summed E-state index contributed by atoms with van der Waals surface area (Å²) in [7, 11) is 0. The summed E-state index contributed by atoms with van der Waals surface area (Å²) >= 11 is 1.38. The van der Waals surface area contributed by atoms with Crippen molar-refractivity contribution < 1.29 is 14.3 Å². The first-order chi connectivity index (χ1) is 7.69. The van der Waals surface area contributed by atoms with Gasteiger partial charge in [0, 0.05) is 0 Å². The Labute approximate surface area is 99.6 Å². The number of rotatable bonds is 7. The van der Waals surface area contributed by atoms with Gasteiger partial charge in [0.1, 0.15) is 11.1 Å². The molecule has 4 nitrogen and oxygen atoms in total. The molecule has 1 atom stereocenters. The number of nitrogens with zero attached hydrogens (tertiary/aromatic N) is 1. The summed E-state index contributed by atoms with van der Waals surface area (Å²) in [5, 5.41) is 8.70. The first-order valence-electron chi connectivity index (χ1n) is 5.29. The Kier molecular flexibility index (Phi) is 5.42. The van der Waals surface area contributed by atoms with E-state index in [4.69, 9.17) is 9.52 Å². The number of carboxylic acids is 1. The Morgan fingerprint density at radius 2 is 2.25 bits per heavy atom. The Hall–Kier alpha value is -0.940. The average molecular weight is 243 g/mol. The molecule has 0 fully saturated rings. The van der Waals surface area contributed by atoms with E-state index >= 15 is 0 Å². The first-order valence-corrected chi connectivity index (χ1v) is 6.34. The van der Waals surface area contributed by atoms with Crippen LogP contribution in [0.15, 0.2) is 22.8 Å². The van der Waals surface area contributed by atoms with Crippen molar-refractivity contribution in [3.05, 3.63) is 24.2 Å². The SMILES string of the molecule is CCN(CC)C(SCC(=O)O)c1ccco1. The highest BCUT2D eigenvalue weighted by molar-refractivity contribution is 8.00. The molecule has 1 rings (SSSR count). The quantitative estimate of drug-likeness (QED) is 0.745. The van der Waals surface area contributed by atoms with Crippen molar-refractivity contribution >= 4 is 17.7 Å². The molecule has 90 valence electrons. The molecule has 0 saturated heterocycles. The summed E-state index contributed by atoms with van der Waals surface area (Å²) in [6.45, 7) is 5.85. The van der Waals surface area contributed by atoms with Crippen LogP contribution in [-0.2, 0) is 4.79 Å². The van der Waals surface area contributed by atoms with E-state index in [0.29, 0.717) is 0 Å². The maximum absolute atomic E-state index is 10.6. The molecule has 16 heavy (non-hydrogen) atoms. The molecular formula is C11H17NO3S. The highest BCUT2D eigenvalue weighted by Crippen LogP contribution is 2.32. The van der Waals surface area contributed by atoms with Gasteiger partial charge in [-0.2, -0.15) is 0 Å². The number of hydrogen-bond acceptors (Lipinski definition) is 4. The number of furan rings is 1. The van der Waals surface area contributed by atoms with Crippen LogP contribution in [0.5, 0.6) is 0 Å². The van der Waals surface area contributed by atoms with Gasteiger partial charge in [-0.3, -0.25) is 9.69 Å². The monoisotopic (exact) mass is 243 g/mol. The van der Waals surface area contributed by atoms with Crippen molar-refractivity contribution in [3.63, 3.8) is 0 Å². The van der Waals surface area contributed by atoms with Gasteiger partial charge in [0.05, 0.1) is 12.0 Å². The van der Waals surface area contributed by atoms with Crippen LogP contribution in [0.25, 0.3) is 0 Å². The van der Waals surface area contributed by atoms with E-state index < -0.39 is 5.97 Å². The second-order valence-electron chi connectivity index (χ2n) is 3.29. The molecule has 0 aliphatic carbocycles. The lowest BCUT2D eigenvalue weighted by Gasteiger charge is -2.26. The third kappa shape index (κ3) is 3.57. The minimum atomic E-state index is -0.797. The minimum Gasteiger partial charge on any atom is -0.481 e. The minimum absolute atomic E-state index is 0.0129. The highest BCUT2D eigenvalue weighted by Gasteiger charge is 2.21. The van der Waals surface area contributed by atoms with Gasteiger partial charge in [-0.05, 0) is 25.2 Å². The molecule has 5 heteroatoms. The van der Waals surface area contributed by atoms with Crippen LogP contribution in [0, 0.1) is 0 Å². The summed E-state index contributed by atoms with van der Waals surface area (Å²) in [6.07, 6.45) is 1.62. The zero-order valence-corrected chi connectivity index (χ0v) is 10.4. The molecule has 0 saturated carbocycles. The summed E-state index contributed by atoms with van der Waals surface area (Å²) in [6, 6.07) is 3.71. The maximum atomic E-state index is 10.6. The number of aliphatic carboxylic acids is 1. The van der Waals surface area contributed by atoms with Gasteiger partial charge < -0.3 is 9.52 Å². The fourth-order valence-corrected chi connectivity index (χ4v) is 2.61. The topological polar surface area (TPSA) is 53.7 Å². The van der Waals surface area contributed by atoms with Gasteiger partial charge >= 0.3 is 5.97 Å². The predicted molar refractivity (Wildman–Crippen MR) is 64.5 cm³/mol. The van der Waals surface area contributed by atoms with Gasteiger partial charge in [-0.1, -0.05) is 13.8 Å². The van der Waals surface area contributed by atoms with Gasteiger partial charge in [-0.25, -0.2) is 0 Å². The van der Waals surface area contributed by atoms with Crippen LogP contribution in [0.2, 0.25) is 0 Å². The number of carboxylic acid groups (broad SMARTS) is 1. The fourth-order valence-electron chi connectivity index (χ4n) is 1.50. The zero-order chi connectivity index (χ0) is 12.0. The lowest BCUT2D eigenvalue weighted by Crippen LogP contribution is -2.27. The average Bonchev–Trinajstić information content (AvgIpc) is 2.77. The van der Waals surface area contributed by atoms with Crippen molar-refractivity contribution in [2.45, 2.75) is 19.2 Å². The van der Waals surface area contributed by atoms with Gasteiger partial charge in [-0.15, -0.1) is 11.8 Å². The molecule has 1 aromatic rings. The van der Waals surface area contributed by atoms with E-state index in [1.165, 1.54) is 11.8 Å². The molecular weight excluding hydrogens is 226 g/mol. The maximum Gasteiger partial charge on any atom is 0.313 e. The lowest BCUT2D eigenvalue weighted by atomic mass is 10.4. The molecule has 0 aromatic carbocycles. The number of carbonyl (C=O) groups is 1. The molecule has 1 aromatic heterocycles. The van der Waals surface area contributed by atoms with Crippen LogP contribution in [-0.4, -0.2) is 34.8 Å². The van der Waals surface area contributed by atoms with Crippen molar-refractivity contribution in [2.24, 2.45) is 0 Å². The lowest BCUT2D eigenvalue weighted by molar-refractivity contribution is -0.133. The van der Waals surface area contributed by atoms with Gasteiger partial charge in [0.15, 0.2) is 0 Å². The standard InChI is InChI=1S/C11H17NO3S/c1-3-12(4-2)11(16-8-10(13)14)9-6-5-7-15-9/h5-7,11H,3-4,8H2,1-2H3,(H,13,14). The van der Waals surface area contributed by atoms with Gasteiger partial charge in [0.2, 0.25) is 0 Å². The van der Waals surface area contributed by atoms with Crippen LogP contribution in [0.3, 0.4) is 0 Å². The van der Waals surface area contributed by atoms with Crippen molar-refractivity contribution in [1.82, 2.24) is 4.90 Å². The second-order valence-corrected chi connectivity index (χ2v) is 4.36. The zero-order valence-electron chi connectivity index (χ0n) is 9.55. The van der Waals surface area contributed by atoms with Crippen LogP contribution < -0.4 is 0 Å². The van der Waals surface area contributed by atoms with E-state index in [1.54, 1.807) is 6.26 Å². The van der Waals surface area contributed by atoms with Gasteiger partial charge in [0.25, 0.3) is 0 Å². The number of hydrogen-bond donors (Lipinski definition) is 1. The smallest absolute Gasteiger partial charge is 0.313 e. The first kappa shape index (κ1) is 13.1. The van der Waals surface area contributed by atoms with E-state index in [1.807, 2.05) is 12.1 Å². The molecule has 1 N–H and O–H groups in total. The largest absolute Gasteiger partial charge is 0.481 e. The van der Waals surface area contributed by atoms with Crippen molar-refractivity contribution in [3.8, 4) is 0 Å². The van der Waals surface area contributed by atoms with E-state index in [-0.39, 0.29) is 11.1 Å². The summed E-state index contributed by atoms with van der Waals surface area (Å²) in [5.74, 6) is 0.102. The van der Waals surface area contributed by atoms with Crippen LogP contribution >= 0.6 is 11.8 Å². The Morgan fingerprint density at radius 3 is 2.69 bits per heavy atom. The molecule has 0 aliphatic heterocycles.